The SMILES string of the molecule is CC(C)(C)[C@H](NC(=O)C12CC3CC(CC(C3)C1)C2)C(=O)O. The molecule has 0 aromatic carbocycles. The first-order valence-corrected chi connectivity index (χ1v) is 8.23. The van der Waals surface area contributed by atoms with Gasteiger partial charge in [0.15, 0.2) is 0 Å². The van der Waals surface area contributed by atoms with Gasteiger partial charge in [0.1, 0.15) is 6.04 Å². The maximum absolute atomic E-state index is 12.9. The average Bonchev–Trinajstić information content (AvgIpc) is 2.31. The lowest BCUT2D eigenvalue weighted by Crippen LogP contribution is -2.58. The van der Waals surface area contributed by atoms with Gasteiger partial charge < -0.3 is 10.4 Å². The molecule has 0 unspecified atom stereocenters. The van der Waals surface area contributed by atoms with Crippen LogP contribution in [0.15, 0.2) is 0 Å². The van der Waals surface area contributed by atoms with Crippen LogP contribution in [0.25, 0.3) is 0 Å². The Hall–Kier alpha value is -1.06. The molecule has 4 bridgehead atoms. The summed E-state index contributed by atoms with van der Waals surface area (Å²) in [7, 11) is 0. The predicted octanol–water partition coefficient (Wildman–Crippen LogP) is 2.82. The van der Waals surface area contributed by atoms with Crippen LogP contribution in [-0.2, 0) is 9.59 Å². The van der Waals surface area contributed by atoms with Gasteiger partial charge in [0.2, 0.25) is 5.91 Å². The van der Waals surface area contributed by atoms with Gasteiger partial charge in [0.05, 0.1) is 0 Å². The molecule has 4 fully saturated rings. The van der Waals surface area contributed by atoms with Gasteiger partial charge >= 0.3 is 5.97 Å². The number of carbonyl (C=O) groups is 2. The van der Waals surface area contributed by atoms with E-state index < -0.39 is 17.4 Å². The molecule has 0 aliphatic heterocycles. The van der Waals surface area contributed by atoms with Gasteiger partial charge in [-0.25, -0.2) is 4.79 Å². The van der Waals surface area contributed by atoms with Crippen molar-refractivity contribution in [1.29, 1.82) is 0 Å². The van der Waals surface area contributed by atoms with Crippen molar-refractivity contribution in [2.24, 2.45) is 28.6 Å². The quantitative estimate of drug-likeness (QED) is 0.841. The number of amides is 1. The lowest BCUT2D eigenvalue weighted by Gasteiger charge is -2.56. The fraction of sp³-hybridized carbons (Fsp3) is 0.882. The van der Waals surface area contributed by atoms with Crippen LogP contribution in [0.3, 0.4) is 0 Å². The van der Waals surface area contributed by atoms with Gasteiger partial charge in [-0.2, -0.15) is 0 Å². The normalized spacial score (nSPS) is 39.1. The van der Waals surface area contributed by atoms with E-state index >= 15 is 0 Å². The zero-order valence-corrected chi connectivity index (χ0v) is 13.3. The van der Waals surface area contributed by atoms with Crippen molar-refractivity contribution in [1.82, 2.24) is 5.32 Å². The van der Waals surface area contributed by atoms with Crippen molar-refractivity contribution in [3.8, 4) is 0 Å². The third kappa shape index (κ3) is 2.58. The van der Waals surface area contributed by atoms with E-state index in [1.165, 1.54) is 19.3 Å². The summed E-state index contributed by atoms with van der Waals surface area (Å²) >= 11 is 0. The topological polar surface area (TPSA) is 66.4 Å². The van der Waals surface area contributed by atoms with Crippen molar-refractivity contribution in [2.75, 3.05) is 0 Å². The van der Waals surface area contributed by atoms with E-state index in [2.05, 4.69) is 5.32 Å². The van der Waals surface area contributed by atoms with E-state index in [-0.39, 0.29) is 11.3 Å². The highest BCUT2D eigenvalue weighted by Crippen LogP contribution is 2.60. The largest absolute Gasteiger partial charge is 0.480 e. The zero-order chi connectivity index (χ0) is 15.4. The molecule has 4 nitrogen and oxygen atoms in total. The molecule has 2 N–H and O–H groups in total. The molecule has 0 aromatic heterocycles. The Balaban J connectivity index is 1.77. The van der Waals surface area contributed by atoms with Crippen LogP contribution in [0.5, 0.6) is 0 Å². The fourth-order valence-electron chi connectivity index (χ4n) is 5.32. The molecule has 1 atom stereocenters. The van der Waals surface area contributed by atoms with Crippen LogP contribution in [0.4, 0.5) is 0 Å². The minimum Gasteiger partial charge on any atom is -0.480 e. The third-order valence-electron chi connectivity index (χ3n) is 5.91. The van der Waals surface area contributed by atoms with E-state index in [4.69, 9.17) is 0 Å². The Kier molecular flexibility index (Phi) is 3.34. The van der Waals surface area contributed by atoms with E-state index in [1.807, 2.05) is 20.8 Å². The highest BCUT2D eigenvalue weighted by atomic mass is 16.4. The van der Waals surface area contributed by atoms with Crippen molar-refractivity contribution < 1.29 is 14.7 Å². The molecule has 4 saturated carbocycles. The first-order valence-electron chi connectivity index (χ1n) is 8.23. The number of carboxylic acids is 1. The van der Waals surface area contributed by atoms with Gasteiger partial charge in [-0.1, -0.05) is 20.8 Å². The van der Waals surface area contributed by atoms with Crippen LogP contribution in [0.2, 0.25) is 0 Å². The number of carboxylic acid groups (broad SMARTS) is 1. The molecule has 21 heavy (non-hydrogen) atoms. The lowest BCUT2D eigenvalue weighted by molar-refractivity contribution is -0.153. The summed E-state index contributed by atoms with van der Waals surface area (Å²) in [6.07, 6.45) is 6.78. The van der Waals surface area contributed by atoms with Crippen molar-refractivity contribution in [3.63, 3.8) is 0 Å². The third-order valence-corrected chi connectivity index (χ3v) is 5.91. The number of hydrogen-bond donors (Lipinski definition) is 2. The predicted molar refractivity (Wildman–Crippen MR) is 79.6 cm³/mol. The molecular weight excluding hydrogens is 266 g/mol. The van der Waals surface area contributed by atoms with Gasteiger partial charge in [-0.3, -0.25) is 4.79 Å². The molecule has 0 saturated heterocycles. The maximum atomic E-state index is 12.9. The van der Waals surface area contributed by atoms with Crippen LogP contribution < -0.4 is 5.32 Å². The second-order valence-electron chi connectivity index (χ2n) is 8.81. The van der Waals surface area contributed by atoms with E-state index in [0.717, 1.165) is 19.3 Å². The Morgan fingerprint density at radius 2 is 1.48 bits per heavy atom. The fourth-order valence-corrected chi connectivity index (χ4v) is 5.32. The first kappa shape index (κ1) is 14.9. The summed E-state index contributed by atoms with van der Waals surface area (Å²) in [4.78, 5) is 24.4. The number of aliphatic carboxylic acids is 1. The summed E-state index contributed by atoms with van der Waals surface area (Å²) in [5.41, 5.74) is -0.739. The van der Waals surface area contributed by atoms with Crippen LogP contribution in [-0.4, -0.2) is 23.0 Å². The minimum atomic E-state index is -0.930. The number of nitrogens with one attached hydrogen (secondary N) is 1. The van der Waals surface area contributed by atoms with Crippen molar-refractivity contribution in [2.45, 2.75) is 65.3 Å². The summed E-state index contributed by atoms with van der Waals surface area (Å²) in [6.45, 7) is 5.60. The molecule has 0 radical (unpaired) electrons. The molecule has 4 aliphatic rings. The number of rotatable bonds is 3. The van der Waals surface area contributed by atoms with Gasteiger partial charge in [-0.05, 0) is 61.7 Å². The number of hydrogen-bond acceptors (Lipinski definition) is 2. The van der Waals surface area contributed by atoms with Crippen LogP contribution in [0.1, 0.15) is 59.3 Å². The minimum absolute atomic E-state index is 0.00363. The summed E-state index contributed by atoms with van der Waals surface area (Å²) < 4.78 is 0. The zero-order valence-electron chi connectivity index (χ0n) is 13.3. The second-order valence-corrected chi connectivity index (χ2v) is 8.81. The summed E-state index contributed by atoms with van der Waals surface area (Å²) in [5, 5.41) is 12.3. The molecule has 1 amide bonds. The molecule has 4 rings (SSSR count). The Labute approximate surface area is 126 Å². The molecule has 0 spiro atoms. The Morgan fingerprint density at radius 1 is 1.05 bits per heavy atom. The summed E-state index contributed by atoms with van der Waals surface area (Å²) in [6, 6.07) is -0.807. The standard InChI is InChI=1S/C17H27NO3/c1-16(2,3)13(14(19)20)18-15(21)17-7-10-4-11(8-17)6-12(5-10)9-17/h10-13H,4-9H2,1-3H3,(H,18,21)(H,19,20)/t10?,11?,12?,13-,17?/m1/s1. The van der Waals surface area contributed by atoms with Crippen LogP contribution in [0, 0.1) is 28.6 Å². The maximum Gasteiger partial charge on any atom is 0.326 e. The van der Waals surface area contributed by atoms with Crippen molar-refractivity contribution in [3.05, 3.63) is 0 Å². The van der Waals surface area contributed by atoms with Crippen LogP contribution >= 0.6 is 0 Å². The van der Waals surface area contributed by atoms with Crippen molar-refractivity contribution >= 4 is 11.9 Å². The molecule has 118 valence electrons. The van der Waals surface area contributed by atoms with Gasteiger partial charge in [0.25, 0.3) is 0 Å². The molecule has 0 aromatic rings. The highest BCUT2D eigenvalue weighted by Gasteiger charge is 2.55. The van der Waals surface area contributed by atoms with E-state index in [9.17, 15) is 14.7 Å². The highest BCUT2D eigenvalue weighted by molar-refractivity contribution is 5.88. The second kappa shape index (κ2) is 4.72. The van der Waals surface area contributed by atoms with Gasteiger partial charge in [0, 0.05) is 5.41 Å². The molecule has 0 heterocycles. The average molecular weight is 293 g/mol. The monoisotopic (exact) mass is 293 g/mol. The Morgan fingerprint density at radius 3 is 1.81 bits per heavy atom. The smallest absolute Gasteiger partial charge is 0.326 e. The van der Waals surface area contributed by atoms with Gasteiger partial charge in [-0.15, -0.1) is 0 Å². The Bertz CT molecular complexity index is 428. The molecular formula is C17H27NO3. The molecule has 4 aliphatic carbocycles. The number of carbonyl (C=O) groups excluding carboxylic acids is 1. The van der Waals surface area contributed by atoms with E-state index in [1.54, 1.807) is 0 Å². The molecule has 4 heteroatoms. The van der Waals surface area contributed by atoms with E-state index in [0.29, 0.717) is 17.8 Å². The lowest BCUT2D eigenvalue weighted by atomic mass is 9.49. The summed E-state index contributed by atoms with van der Waals surface area (Å²) in [5.74, 6) is 1.16. The first-order chi connectivity index (χ1) is 9.69.